The number of rotatable bonds is 5. The Balaban J connectivity index is 0.000000486. The Morgan fingerprint density at radius 3 is 2.06 bits per heavy atom. The number of benzene rings is 1. The number of carboxylic acid groups (broad SMARTS) is 2. The summed E-state index contributed by atoms with van der Waals surface area (Å²) < 4.78 is 62.4. The number of nitrogens with one attached hydrogen (secondary N) is 2. The maximum Gasteiger partial charge on any atom is 0.490 e. The van der Waals surface area contributed by atoms with Gasteiger partial charge in [-0.2, -0.15) is 31.4 Å². The molecule has 0 spiro atoms. The lowest BCUT2D eigenvalue weighted by Crippen LogP contribution is -2.21. The Morgan fingerprint density at radius 1 is 0.979 bits per heavy atom. The molecule has 256 valence electrons. The number of pyridine rings is 1. The Morgan fingerprint density at radius 2 is 1.54 bits per heavy atom. The number of aromatic amines is 1. The molecule has 13 nitrogen and oxygen atoms in total. The second-order valence-corrected chi connectivity index (χ2v) is 10.8. The van der Waals surface area contributed by atoms with Gasteiger partial charge in [-0.25, -0.2) is 19.3 Å². The maximum absolute atomic E-state index is 12.7. The number of alkyl halides is 6. The van der Waals surface area contributed by atoms with Gasteiger partial charge in [0.1, 0.15) is 5.03 Å². The van der Waals surface area contributed by atoms with Crippen molar-refractivity contribution in [3.8, 4) is 11.4 Å². The molecule has 4 aromatic heterocycles. The van der Waals surface area contributed by atoms with Gasteiger partial charge in [0, 0.05) is 23.5 Å². The number of hydrogen-bond donors (Lipinski definition) is 4. The van der Waals surface area contributed by atoms with Gasteiger partial charge in [-0.3, -0.25) is 19.7 Å². The van der Waals surface area contributed by atoms with Crippen LogP contribution in [0, 0.1) is 0 Å². The largest absolute Gasteiger partial charge is 0.490 e. The predicted molar refractivity (Wildman–Crippen MR) is 159 cm³/mol. The summed E-state index contributed by atoms with van der Waals surface area (Å²) in [7, 11) is 0. The standard InChI is InChI=1S/C24H22N8OS.C2HF3O2.CHF3.CH2O2/c1-24(2,3)17-6-4-16(5-7-17)22(33)27-18-14-32-19(26-18)8-9-20(31-32)34-23-28-21(29-30-23)15-10-12-25-13-11-15;3-2(4,5)1(6)7;2-1(3)4;2-1-3/h4-14H,1-3H3,(H,27,33)(H,28,29,30);(H,6,7);1H;1H,(H,2,3). The number of H-pyrrole nitrogens is 1. The first kappa shape index (κ1) is 38.7. The Labute approximate surface area is 271 Å². The smallest absolute Gasteiger partial charge is 0.483 e. The number of amides is 1. The van der Waals surface area contributed by atoms with Crippen LogP contribution in [-0.2, 0) is 15.0 Å². The van der Waals surface area contributed by atoms with Crippen LogP contribution in [0.1, 0.15) is 36.7 Å². The second kappa shape index (κ2) is 17.4. The van der Waals surface area contributed by atoms with Crippen LogP contribution >= 0.6 is 11.8 Å². The highest BCUT2D eigenvalue weighted by Crippen LogP contribution is 2.26. The third-order valence-electron chi connectivity index (χ3n) is 5.41. The Hall–Kier alpha value is -5.53. The second-order valence-electron chi connectivity index (χ2n) is 9.84. The number of aliphatic carboxylic acids is 1. The van der Waals surface area contributed by atoms with Gasteiger partial charge in [-0.1, -0.05) is 32.9 Å². The molecule has 0 atom stereocenters. The van der Waals surface area contributed by atoms with Gasteiger partial charge in [0.05, 0.1) is 6.20 Å². The number of aromatic nitrogens is 7. The van der Waals surface area contributed by atoms with E-state index in [9.17, 15) is 31.1 Å². The fourth-order valence-electron chi connectivity index (χ4n) is 3.31. The molecule has 0 aliphatic rings. The molecular weight excluding hydrogens is 674 g/mol. The lowest BCUT2D eigenvalue weighted by molar-refractivity contribution is -0.192. The van der Waals surface area contributed by atoms with Crippen LogP contribution in [0.25, 0.3) is 17.0 Å². The van der Waals surface area contributed by atoms with E-state index in [4.69, 9.17) is 19.8 Å². The topological polar surface area (TPSA) is 188 Å². The number of anilines is 1. The molecule has 0 saturated carbocycles. The van der Waals surface area contributed by atoms with E-state index in [0.717, 1.165) is 5.56 Å². The van der Waals surface area contributed by atoms with Crippen LogP contribution in [0.5, 0.6) is 0 Å². The van der Waals surface area contributed by atoms with Crippen molar-refractivity contribution in [3.05, 3.63) is 78.2 Å². The third-order valence-corrected chi connectivity index (χ3v) is 6.20. The number of hydrogen-bond acceptors (Lipinski definition) is 9. The van der Waals surface area contributed by atoms with E-state index in [1.54, 1.807) is 23.1 Å². The molecule has 5 rings (SSSR count). The minimum atomic E-state index is -5.08. The average Bonchev–Trinajstić information content (AvgIpc) is 3.63. The summed E-state index contributed by atoms with van der Waals surface area (Å²) in [6, 6.07) is 15.0. The van der Waals surface area contributed by atoms with Crippen LogP contribution in [0.3, 0.4) is 0 Å². The van der Waals surface area contributed by atoms with E-state index >= 15 is 0 Å². The van der Waals surface area contributed by atoms with E-state index in [1.807, 2.05) is 48.5 Å². The van der Waals surface area contributed by atoms with Gasteiger partial charge in [0.2, 0.25) is 5.16 Å². The summed E-state index contributed by atoms with van der Waals surface area (Å²) in [6.45, 7) is 2.50. The van der Waals surface area contributed by atoms with Crippen molar-refractivity contribution in [2.75, 3.05) is 5.32 Å². The van der Waals surface area contributed by atoms with Crippen LogP contribution in [0.2, 0.25) is 0 Å². The summed E-state index contributed by atoms with van der Waals surface area (Å²) in [5.41, 5.74) is 3.30. The zero-order valence-corrected chi connectivity index (χ0v) is 25.8. The number of carboxylic acids is 1. The van der Waals surface area contributed by atoms with Crippen LogP contribution < -0.4 is 5.32 Å². The number of carbonyl (C=O) groups is 3. The summed E-state index contributed by atoms with van der Waals surface area (Å²) in [6.07, 6.45) is 0.00810. The van der Waals surface area contributed by atoms with Gasteiger partial charge >= 0.3 is 18.8 Å². The first-order valence-electron chi connectivity index (χ1n) is 13.0. The van der Waals surface area contributed by atoms with Gasteiger partial charge < -0.3 is 15.5 Å². The van der Waals surface area contributed by atoms with E-state index < -0.39 is 18.8 Å². The molecule has 0 saturated heterocycles. The zero-order valence-electron chi connectivity index (χ0n) is 25.0. The van der Waals surface area contributed by atoms with Gasteiger partial charge in [-0.15, -0.1) is 5.10 Å². The molecule has 20 heteroatoms. The van der Waals surface area contributed by atoms with Gasteiger partial charge in [0.25, 0.3) is 12.4 Å². The third kappa shape index (κ3) is 12.7. The fraction of sp³-hybridized carbons (Fsp3) is 0.214. The summed E-state index contributed by atoms with van der Waals surface area (Å²) in [5.74, 6) is -1.89. The fourth-order valence-corrected chi connectivity index (χ4v) is 3.99. The van der Waals surface area contributed by atoms with Crippen LogP contribution in [0.4, 0.5) is 32.2 Å². The first-order valence-corrected chi connectivity index (χ1v) is 13.9. The highest BCUT2D eigenvalue weighted by Gasteiger charge is 2.38. The molecule has 5 aromatic rings. The molecule has 4 N–H and O–H groups in total. The SMILES string of the molecule is CC(C)(C)c1ccc(C(=O)Nc2cn3nc(Sc4n[nH]c(-c5ccncc5)n4)ccc3n2)cc1.FC(F)F.O=C(O)C(F)(F)F.O=CO. The van der Waals surface area contributed by atoms with Crippen molar-refractivity contribution in [1.82, 2.24) is 34.8 Å². The molecule has 48 heavy (non-hydrogen) atoms. The lowest BCUT2D eigenvalue weighted by atomic mass is 9.87. The van der Waals surface area contributed by atoms with E-state index in [2.05, 4.69) is 56.3 Å². The van der Waals surface area contributed by atoms with Crippen molar-refractivity contribution in [2.24, 2.45) is 0 Å². The highest BCUT2D eigenvalue weighted by atomic mass is 32.2. The number of fused-ring (bicyclic) bond motifs is 1. The van der Waals surface area contributed by atoms with E-state index in [-0.39, 0.29) is 17.8 Å². The number of carbonyl (C=O) groups excluding carboxylic acids is 1. The molecule has 1 amide bonds. The molecule has 0 unspecified atom stereocenters. The van der Waals surface area contributed by atoms with Crippen molar-refractivity contribution in [3.63, 3.8) is 0 Å². The highest BCUT2D eigenvalue weighted by molar-refractivity contribution is 7.99. The lowest BCUT2D eigenvalue weighted by Gasteiger charge is -2.18. The Kier molecular flexibility index (Phi) is 14.0. The first-order chi connectivity index (χ1) is 22.4. The van der Waals surface area contributed by atoms with Crippen LogP contribution in [-0.4, -0.2) is 76.2 Å². The molecule has 0 fully saturated rings. The van der Waals surface area contributed by atoms with Crippen molar-refractivity contribution < 1.29 is 50.9 Å². The average molecular weight is 701 g/mol. The molecule has 4 heterocycles. The van der Waals surface area contributed by atoms with Crippen LogP contribution in [0.15, 0.2) is 77.3 Å². The predicted octanol–water partition coefficient (Wildman–Crippen LogP) is 6.12. The molecule has 0 aliphatic carbocycles. The Bertz CT molecular complexity index is 1780. The van der Waals surface area contributed by atoms with Gasteiger partial charge in [-0.05, 0) is 59.1 Å². The summed E-state index contributed by atoms with van der Waals surface area (Å²) in [4.78, 5) is 42.9. The molecule has 1 aromatic carbocycles. The molecular formula is C28H26F6N8O5S. The zero-order chi connectivity index (χ0) is 36.1. The number of halogens is 6. The molecule has 0 aliphatic heterocycles. The van der Waals surface area contributed by atoms with E-state index in [1.165, 1.54) is 17.3 Å². The van der Waals surface area contributed by atoms with Crippen molar-refractivity contribution >= 4 is 41.6 Å². The quantitative estimate of drug-likeness (QED) is 0.122. The normalized spacial score (nSPS) is 10.9. The maximum atomic E-state index is 12.7. The van der Waals surface area contributed by atoms with Crippen molar-refractivity contribution in [2.45, 2.75) is 49.2 Å². The van der Waals surface area contributed by atoms with Crippen molar-refractivity contribution in [1.29, 1.82) is 0 Å². The summed E-state index contributed by atoms with van der Waals surface area (Å²) in [5, 5.41) is 29.8. The minimum Gasteiger partial charge on any atom is -0.483 e. The number of nitrogens with zero attached hydrogens (tertiary/aromatic N) is 6. The molecule has 0 radical (unpaired) electrons. The van der Waals surface area contributed by atoms with E-state index in [0.29, 0.717) is 33.0 Å². The van der Waals surface area contributed by atoms with Gasteiger partial charge in [0.15, 0.2) is 17.3 Å². The summed E-state index contributed by atoms with van der Waals surface area (Å²) >= 11 is 1.33. The minimum absolute atomic E-state index is 0.0318. The number of imidazole rings is 1. The molecule has 0 bridgehead atoms. The monoisotopic (exact) mass is 700 g/mol.